The number of fused-ring (bicyclic) bond motifs is 1. The lowest BCUT2D eigenvalue weighted by Crippen LogP contribution is -2.44. The number of rotatable bonds is 0. The van der Waals surface area contributed by atoms with Gasteiger partial charge in [-0.25, -0.2) is 13.6 Å². The van der Waals surface area contributed by atoms with E-state index < -0.39 is 6.17 Å². The summed E-state index contributed by atoms with van der Waals surface area (Å²) in [6, 6.07) is 16.1. The number of hydrogen-bond donors (Lipinski definition) is 1. The molecule has 0 aromatic heterocycles. The molecule has 6 heteroatoms. The van der Waals surface area contributed by atoms with Crippen LogP contribution in [0.25, 0.3) is 0 Å². The minimum absolute atomic E-state index is 0.00958. The fourth-order valence-corrected chi connectivity index (χ4v) is 3.17. The maximum atomic E-state index is 13.1. The van der Waals surface area contributed by atoms with Crippen molar-refractivity contribution >= 4 is 6.03 Å². The average Bonchev–Trinajstić information content (AvgIpc) is 3.16. The Hall–Kier alpha value is -2.47. The zero-order valence-corrected chi connectivity index (χ0v) is 15.7. The molecule has 1 atom stereocenters. The molecule has 4 nitrogen and oxygen atoms in total. The summed E-state index contributed by atoms with van der Waals surface area (Å²) in [5, 5.41) is 0. The Balaban J connectivity index is 0.000000244. The molecule has 0 aliphatic carbocycles. The van der Waals surface area contributed by atoms with E-state index >= 15 is 0 Å². The van der Waals surface area contributed by atoms with Crippen LogP contribution in [-0.2, 0) is 13.0 Å². The van der Waals surface area contributed by atoms with Crippen LogP contribution in [0.2, 0.25) is 0 Å². The minimum atomic E-state index is -0.842. The van der Waals surface area contributed by atoms with Crippen molar-refractivity contribution in [1.29, 1.82) is 0 Å². The molecule has 4 rings (SSSR count). The molecule has 0 radical (unpaired) electrons. The number of carbonyl (C=O) groups is 1. The van der Waals surface area contributed by atoms with E-state index in [1.54, 1.807) is 23.1 Å². The molecule has 146 valence electrons. The van der Waals surface area contributed by atoms with Gasteiger partial charge in [0.05, 0.1) is 6.54 Å². The molecule has 2 amide bonds. The number of amides is 2. The van der Waals surface area contributed by atoms with Gasteiger partial charge < -0.3 is 15.5 Å². The third kappa shape index (κ3) is 6.03. The first kappa shape index (κ1) is 20.8. The first-order valence-corrected chi connectivity index (χ1v) is 9.16. The summed E-state index contributed by atoms with van der Waals surface area (Å²) >= 11 is 0. The summed E-state index contributed by atoms with van der Waals surface area (Å²) < 4.78 is 25.0. The van der Waals surface area contributed by atoms with Gasteiger partial charge >= 0.3 is 6.03 Å². The number of likely N-dealkylation sites (tertiary alicyclic amines) is 1. The van der Waals surface area contributed by atoms with Crippen LogP contribution in [0.1, 0.15) is 17.5 Å². The van der Waals surface area contributed by atoms with Crippen LogP contribution in [-0.4, -0.2) is 48.7 Å². The number of carbonyl (C=O) groups excluding carboxylic acids is 1. The molecular weight excluding hydrogens is 348 g/mol. The van der Waals surface area contributed by atoms with Crippen molar-refractivity contribution in [1.82, 2.24) is 9.80 Å². The first-order chi connectivity index (χ1) is 13.1. The molecule has 2 aliphatic rings. The van der Waals surface area contributed by atoms with Gasteiger partial charge in [-0.05, 0) is 43.1 Å². The predicted octanol–water partition coefficient (Wildman–Crippen LogP) is 3.61. The third-order valence-electron chi connectivity index (χ3n) is 4.54. The fourth-order valence-electron chi connectivity index (χ4n) is 3.17. The fraction of sp³-hybridized carbons (Fsp3) is 0.381. The van der Waals surface area contributed by atoms with Gasteiger partial charge in [-0.1, -0.05) is 42.5 Å². The molecule has 2 aromatic rings. The van der Waals surface area contributed by atoms with Crippen LogP contribution in [0.4, 0.5) is 13.6 Å². The highest BCUT2D eigenvalue weighted by Crippen LogP contribution is 2.21. The van der Waals surface area contributed by atoms with E-state index in [0.29, 0.717) is 19.5 Å². The van der Waals surface area contributed by atoms with Crippen LogP contribution in [0.3, 0.4) is 0 Å². The number of alkyl halides is 1. The molecule has 1 fully saturated rings. The van der Waals surface area contributed by atoms with Gasteiger partial charge in [0.2, 0.25) is 0 Å². The molecule has 27 heavy (non-hydrogen) atoms. The Morgan fingerprint density at radius 2 is 1.59 bits per heavy atom. The molecule has 2 aliphatic heterocycles. The van der Waals surface area contributed by atoms with E-state index in [0.717, 1.165) is 13.0 Å². The Morgan fingerprint density at radius 3 is 2.15 bits per heavy atom. The Labute approximate surface area is 159 Å². The summed E-state index contributed by atoms with van der Waals surface area (Å²) in [5.74, 6) is -0.178. The Morgan fingerprint density at radius 1 is 0.963 bits per heavy atom. The lowest BCUT2D eigenvalue weighted by Gasteiger charge is -2.32. The minimum Gasteiger partial charge on any atom is -0.333 e. The second kappa shape index (κ2) is 10.6. The van der Waals surface area contributed by atoms with Crippen LogP contribution < -0.4 is 5.73 Å². The van der Waals surface area contributed by atoms with E-state index in [-0.39, 0.29) is 18.4 Å². The van der Waals surface area contributed by atoms with Crippen LogP contribution in [0, 0.1) is 5.82 Å². The summed E-state index contributed by atoms with van der Waals surface area (Å²) in [4.78, 5) is 15.7. The SMILES string of the molecule is CN.Fc1ccccc1.O=C(N1CCc2ccccc2C1)N1CCC(F)C1. The number of nitrogens with zero attached hydrogens (tertiary/aromatic N) is 2. The van der Waals surface area contributed by atoms with Gasteiger partial charge in [-0.3, -0.25) is 0 Å². The van der Waals surface area contributed by atoms with Gasteiger partial charge in [-0.2, -0.15) is 0 Å². The number of urea groups is 1. The monoisotopic (exact) mass is 375 g/mol. The predicted molar refractivity (Wildman–Crippen MR) is 104 cm³/mol. The summed E-state index contributed by atoms with van der Waals surface area (Å²) in [6.45, 7) is 2.21. The summed E-state index contributed by atoms with van der Waals surface area (Å²) in [6.07, 6.45) is 0.538. The van der Waals surface area contributed by atoms with Crippen molar-refractivity contribution < 1.29 is 13.6 Å². The van der Waals surface area contributed by atoms with E-state index in [1.807, 2.05) is 17.0 Å². The van der Waals surface area contributed by atoms with Crippen molar-refractivity contribution in [2.45, 2.75) is 25.6 Å². The van der Waals surface area contributed by atoms with Crippen molar-refractivity contribution in [2.75, 3.05) is 26.7 Å². The van der Waals surface area contributed by atoms with E-state index in [2.05, 4.69) is 17.9 Å². The molecule has 2 aromatic carbocycles. The lowest BCUT2D eigenvalue weighted by molar-refractivity contribution is 0.154. The topological polar surface area (TPSA) is 49.6 Å². The van der Waals surface area contributed by atoms with Crippen molar-refractivity contribution in [3.05, 3.63) is 71.5 Å². The lowest BCUT2D eigenvalue weighted by atomic mass is 10.0. The molecule has 0 saturated carbocycles. The summed E-state index contributed by atoms with van der Waals surface area (Å²) in [5.41, 5.74) is 7.04. The van der Waals surface area contributed by atoms with Crippen molar-refractivity contribution in [3.63, 3.8) is 0 Å². The zero-order valence-electron chi connectivity index (χ0n) is 15.7. The first-order valence-electron chi connectivity index (χ1n) is 9.16. The quantitative estimate of drug-likeness (QED) is 0.765. The van der Waals surface area contributed by atoms with Crippen LogP contribution in [0.5, 0.6) is 0 Å². The van der Waals surface area contributed by atoms with Crippen LogP contribution in [0.15, 0.2) is 54.6 Å². The second-order valence-electron chi connectivity index (χ2n) is 6.35. The Bertz CT molecular complexity index is 712. The molecular formula is C21H27F2N3O. The molecule has 2 N–H and O–H groups in total. The molecule has 0 bridgehead atoms. The van der Waals surface area contributed by atoms with Gasteiger partial charge in [0.25, 0.3) is 0 Å². The molecule has 1 saturated heterocycles. The number of halogens is 2. The maximum Gasteiger partial charge on any atom is 0.320 e. The van der Waals surface area contributed by atoms with Crippen molar-refractivity contribution in [3.8, 4) is 0 Å². The largest absolute Gasteiger partial charge is 0.333 e. The molecule has 2 heterocycles. The normalized spacial score (nSPS) is 17.9. The standard InChI is InChI=1S/C14H17FN2O.C6H5F.CH5N/c15-13-6-8-17(10-13)14(18)16-7-5-11-3-1-2-4-12(11)9-16;7-6-4-2-1-3-5-6;1-2/h1-4,13H,5-10H2;1-5H;2H2,1H3. The van der Waals surface area contributed by atoms with E-state index in [4.69, 9.17) is 0 Å². The van der Waals surface area contributed by atoms with Crippen molar-refractivity contribution in [2.24, 2.45) is 5.73 Å². The maximum absolute atomic E-state index is 13.1. The number of hydrogen-bond acceptors (Lipinski definition) is 2. The average molecular weight is 375 g/mol. The van der Waals surface area contributed by atoms with Gasteiger partial charge in [-0.15, -0.1) is 0 Å². The number of benzene rings is 2. The van der Waals surface area contributed by atoms with E-state index in [9.17, 15) is 13.6 Å². The van der Waals surface area contributed by atoms with Gasteiger partial charge in [0.15, 0.2) is 0 Å². The summed E-state index contributed by atoms with van der Waals surface area (Å²) in [7, 11) is 1.50. The van der Waals surface area contributed by atoms with E-state index in [1.165, 1.54) is 30.3 Å². The third-order valence-corrected chi connectivity index (χ3v) is 4.54. The highest BCUT2D eigenvalue weighted by Gasteiger charge is 2.30. The molecule has 1 unspecified atom stereocenters. The smallest absolute Gasteiger partial charge is 0.320 e. The number of nitrogens with two attached hydrogens (primary N) is 1. The zero-order chi connectivity index (χ0) is 19.6. The highest BCUT2D eigenvalue weighted by atomic mass is 19.1. The highest BCUT2D eigenvalue weighted by molar-refractivity contribution is 5.75. The van der Waals surface area contributed by atoms with Gasteiger partial charge in [0.1, 0.15) is 12.0 Å². The molecule has 0 spiro atoms. The van der Waals surface area contributed by atoms with Crippen LogP contribution >= 0.6 is 0 Å². The second-order valence-corrected chi connectivity index (χ2v) is 6.35. The van der Waals surface area contributed by atoms with Gasteiger partial charge in [0, 0.05) is 19.6 Å². The Kier molecular flexibility index (Phi) is 8.20.